The van der Waals surface area contributed by atoms with Crippen LogP contribution in [0.15, 0.2) is 40.6 Å². The molecule has 2 aliphatic rings. The van der Waals surface area contributed by atoms with Crippen molar-refractivity contribution < 1.29 is 5.21 Å². The summed E-state index contributed by atoms with van der Waals surface area (Å²) in [4.78, 5) is 9.41. The van der Waals surface area contributed by atoms with Gasteiger partial charge in [0.1, 0.15) is 11.7 Å². The molecule has 0 saturated heterocycles. The van der Waals surface area contributed by atoms with E-state index >= 15 is 0 Å². The molecule has 1 fully saturated rings. The molecule has 0 amide bonds. The highest BCUT2D eigenvalue weighted by molar-refractivity contribution is 6.30. The van der Waals surface area contributed by atoms with Gasteiger partial charge in [0.05, 0.1) is 23.6 Å². The smallest absolute Gasteiger partial charge is 0.128 e. The summed E-state index contributed by atoms with van der Waals surface area (Å²) in [5, 5.41) is 12.9. The van der Waals surface area contributed by atoms with Crippen molar-refractivity contribution in [3.8, 4) is 11.3 Å². The number of halogens is 1. The third-order valence-corrected chi connectivity index (χ3v) is 5.03. The van der Waals surface area contributed by atoms with Crippen molar-refractivity contribution in [1.82, 2.24) is 9.66 Å². The highest BCUT2D eigenvalue weighted by Crippen LogP contribution is 2.26. The minimum absolute atomic E-state index is 0.285. The van der Waals surface area contributed by atoms with Crippen LogP contribution in [0.25, 0.3) is 11.3 Å². The minimum Gasteiger partial charge on any atom is -0.411 e. The Morgan fingerprint density at radius 3 is 2.80 bits per heavy atom. The summed E-state index contributed by atoms with van der Waals surface area (Å²) >= 11 is 6.12. The first kappa shape index (κ1) is 16.1. The molecule has 7 heteroatoms. The highest BCUT2D eigenvalue weighted by atomic mass is 35.5. The largest absolute Gasteiger partial charge is 0.411 e. The lowest BCUT2D eigenvalue weighted by Gasteiger charge is -2.24. The first-order valence-electron chi connectivity index (χ1n) is 8.59. The van der Waals surface area contributed by atoms with Crippen LogP contribution in [0.4, 0.5) is 0 Å². The second-order valence-corrected chi connectivity index (χ2v) is 6.93. The number of hydrogen-bond acceptors (Lipinski definition) is 4. The van der Waals surface area contributed by atoms with E-state index in [2.05, 4.69) is 15.6 Å². The Morgan fingerprint density at radius 1 is 1.20 bits per heavy atom. The molecule has 130 valence electrons. The third kappa shape index (κ3) is 3.39. The van der Waals surface area contributed by atoms with Gasteiger partial charge in [-0.3, -0.25) is 10.4 Å². The minimum atomic E-state index is 0.285. The van der Waals surface area contributed by atoms with Gasteiger partial charge in [-0.2, -0.15) is 0 Å². The maximum Gasteiger partial charge on any atom is 0.128 e. The summed E-state index contributed by atoms with van der Waals surface area (Å²) in [7, 11) is 0. The molecule has 2 aromatic rings. The molecular formula is C18H20ClN5O. The summed E-state index contributed by atoms with van der Waals surface area (Å²) in [5.41, 5.74) is 6.32. The molecule has 1 aromatic carbocycles. The van der Waals surface area contributed by atoms with E-state index in [1.54, 1.807) is 0 Å². The fraction of sp³-hybridized carbons (Fsp3) is 0.389. The summed E-state index contributed by atoms with van der Waals surface area (Å²) in [6.07, 6.45) is 7.11. The summed E-state index contributed by atoms with van der Waals surface area (Å²) < 4.78 is 2.01. The molecule has 6 nitrogen and oxygen atoms in total. The zero-order valence-electron chi connectivity index (χ0n) is 13.8. The zero-order chi connectivity index (χ0) is 17.2. The fourth-order valence-corrected chi connectivity index (χ4v) is 3.63. The lowest BCUT2D eigenvalue weighted by molar-refractivity contribution is 0.313. The van der Waals surface area contributed by atoms with Gasteiger partial charge in [0, 0.05) is 23.4 Å². The quantitative estimate of drug-likeness (QED) is 0.633. The molecule has 1 aliphatic heterocycles. The number of nitrogens with one attached hydrogen (secondary N) is 1. The number of imidazole rings is 1. The maximum atomic E-state index is 8.86. The molecule has 4 rings (SSSR count). The van der Waals surface area contributed by atoms with Crippen LogP contribution in [-0.2, 0) is 6.42 Å². The molecule has 2 heterocycles. The van der Waals surface area contributed by atoms with Crippen LogP contribution in [0, 0.1) is 0 Å². The number of benzene rings is 1. The molecule has 0 radical (unpaired) electrons. The monoisotopic (exact) mass is 357 g/mol. The van der Waals surface area contributed by atoms with E-state index in [-0.39, 0.29) is 6.04 Å². The van der Waals surface area contributed by atoms with Gasteiger partial charge in [-0.05, 0) is 37.8 Å². The topological polar surface area (TPSA) is 74.8 Å². The van der Waals surface area contributed by atoms with Gasteiger partial charge in [0.25, 0.3) is 0 Å². The van der Waals surface area contributed by atoms with Crippen LogP contribution >= 0.6 is 11.6 Å². The van der Waals surface area contributed by atoms with Crippen molar-refractivity contribution in [2.75, 3.05) is 5.43 Å². The summed E-state index contributed by atoms with van der Waals surface area (Å²) in [5.74, 6) is 2.00. The van der Waals surface area contributed by atoms with E-state index in [4.69, 9.17) is 21.8 Å². The van der Waals surface area contributed by atoms with Gasteiger partial charge in [-0.15, -0.1) is 0 Å². The van der Waals surface area contributed by atoms with E-state index in [0.717, 1.165) is 67.2 Å². The van der Waals surface area contributed by atoms with Gasteiger partial charge < -0.3 is 5.21 Å². The lowest BCUT2D eigenvalue weighted by atomic mass is 9.94. The van der Waals surface area contributed by atoms with Crippen molar-refractivity contribution in [3.05, 3.63) is 41.3 Å². The van der Waals surface area contributed by atoms with Crippen molar-refractivity contribution in [1.29, 1.82) is 0 Å². The Bertz CT molecular complexity index is 832. The molecule has 25 heavy (non-hydrogen) atoms. The Labute approximate surface area is 151 Å². The molecule has 2 N–H and O–H groups in total. The van der Waals surface area contributed by atoms with Gasteiger partial charge in [0.2, 0.25) is 0 Å². The van der Waals surface area contributed by atoms with Gasteiger partial charge in [0.15, 0.2) is 0 Å². The third-order valence-electron chi connectivity index (χ3n) is 4.79. The molecule has 1 aliphatic carbocycles. The predicted molar refractivity (Wildman–Crippen MR) is 99.3 cm³/mol. The van der Waals surface area contributed by atoms with Gasteiger partial charge in [-0.1, -0.05) is 28.9 Å². The number of fused-ring (bicyclic) bond motifs is 1. The fourth-order valence-electron chi connectivity index (χ4n) is 3.44. The highest BCUT2D eigenvalue weighted by Gasteiger charge is 2.22. The average molecular weight is 358 g/mol. The Balaban J connectivity index is 1.55. The van der Waals surface area contributed by atoms with Gasteiger partial charge >= 0.3 is 0 Å². The van der Waals surface area contributed by atoms with Gasteiger partial charge in [-0.25, -0.2) is 9.66 Å². The molecular weight excluding hydrogens is 338 g/mol. The molecule has 0 unspecified atom stereocenters. The van der Waals surface area contributed by atoms with Crippen LogP contribution in [0.3, 0.4) is 0 Å². The number of aryl methyl sites for hydroxylation is 1. The number of hydrogen-bond donors (Lipinski definition) is 2. The molecule has 0 spiro atoms. The standard InChI is InChI=1S/C18H20ClN5O/c19-13-3-1-2-12(10-13)16-11-20-18-9-8-17(22-24(16)18)21-14-4-6-15(23-25)7-5-14/h1-3,10-11,14,25H,4-9H2,(H,21,22). The number of oxime groups is 1. The van der Waals surface area contributed by atoms with Crippen molar-refractivity contribution in [2.45, 2.75) is 44.6 Å². The molecule has 0 bridgehead atoms. The van der Waals surface area contributed by atoms with E-state index < -0.39 is 0 Å². The number of aromatic nitrogens is 2. The van der Waals surface area contributed by atoms with Crippen molar-refractivity contribution in [2.24, 2.45) is 10.1 Å². The summed E-state index contributed by atoms with van der Waals surface area (Å²) in [6.45, 7) is 0. The number of rotatable bonds is 2. The van der Waals surface area contributed by atoms with Crippen molar-refractivity contribution >= 4 is 23.1 Å². The van der Waals surface area contributed by atoms with Crippen LogP contribution in [0.5, 0.6) is 0 Å². The second-order valence-electron chi connectivity index (χ2n) is 6.49. The van der Waals surface area contributed by atoms with E-state index in [1.165, 1.54) is 0 Å². The van der Waals surface area contributed by atoms with E-state index in [1.807, 2.05) is 35.1 Å². The SMILES string of the molecule is ON=C1CCC(N=C2CCc3ncc(-c4cccc(Cl)c4)n3N2)CC1. The second kappa shape index (κ2) is 6.88. The van der Waals surface area contributed by atoms with E-state index in [0.29, 0.717) is 5.02 Å². The average Bonchev–Trinajstić information content (AvgIpc) is 3.06. The van der Waals surface area contributed by atoms with Crippen LogP contribution < -0.4 is 5.43 Å². The summed E-state index contributed by atoms with van der Waals surface area (Å²) in [6, 6.07) is 8.06. The van der Waals surface area contributed by atoms with Crippen molar-refractivity contribution in [3.63, 3.8) is 0 Å². The maximum absolute atomic E-state index is 8.86. The van der Waals surface area contributed by atoms with Crippen LogP contribution in [0.2, 0.25) is 5.02 Å². The molecule has 0 atom stereocenters. The Hall–Kier alpha value is -2.34. The lowest BCUT2D eigenvalue weighted by Crippen LogP contribution is -2.32. The number of amidine groups is 1. The number of nitrogens with zero attached hydrogens (tertiary/aromatic N) is 4. The van der Waals surface area contributed by atoms with Crippen LogP contribution in [0.1, 0.15) is 37.9 Å². The van der Waals surface area contributed by atoms with E-state index in [9.17, 15) is 0 Å². The van der Waals surface area contributed by atoms with Crippen LogP contribution in [-0.4, -0.2) is 32.5 Å². The zero-order valence-corrected chi connectivity index (χ0v) is 14.6. The number of aliphatic imine (C=N–C) groups is 1. The molecule has 1 saturated carbocycles. The molecule has 1 aromatic heterocycles. The predicted octanol–water partition coefficient (Wildman–Crippen LogP) is 3.86. The normalized spacial score (nSPS) is 21.7. The Kier molecular flexibility index (Phi) is 4.44. The Morgan fingerprint density at radius 2 is 2.04 bits per heavy atom. The first-order chi connectivity index (χ1) is 12.2. The first-order valence-corrected chi connectivity index (χ1v) is 8.97.